The van der Waals surface area contributed by atoms with E-state index in [-0.39, 0.29) is 24.8 Å². The van der Waals surface area contributed by atoms with E-state index in [4.69, 9.17) is 9.90 Å². The maximum absolute atomic E-state index is 13.7. The molecule has 0 aliphatic carbocycles. The first kappa shape index (κ1) is 31.3. The second-order valence-electron chi connectivity index (χ2n) is 9.13. The molecule has 0 radical (unpaired) electrons. The first-order valence-corrected chi connectivity index (χ1v) is 13.6. The van der Waals surface area contributed by atoms with E-state index < -0.39 is 22.2 Å². The summed E-state index contributed by atoms with van der Waals surface area (Å²) in [4.78, 5) is 23.8. The van der Waals surface area contributed by atoms with Gasteiger partial charge in [0.1, 0.15) is 0 Å². The molecule has 1 unspecified atom stereocenters. The van der Waals surface area contributed by atoms with E-state index >= 15 is 0 Å². The highest BCUT2D eigenvalue weighted by atomic mass is 32.2. The van der Waals surface area contributed by atoms with Crippen LogP contribution in [0.5, 0.6) is 0 Å². The number of carboxylic acids is 1. The zero-order valence-corrected chi connectivity index (χ0v) is 22.5. The number of hydrogen-bond donors (Lipinski definition) is 2. The molecule has 210 valence electrons. The number of alkyl halides is 3. The standard InChI is InChI=1S/C24H33N3O3S.C2HF3O2/c1-19-9-10-20(2)23(17-19)31(29,30)27(18-21(3)22-7-5-4-6-8-22)14-11-24(28)26-15-12-25-13-16-26;3-2(4,5)1(6)7/h4-10,17,21,25H,11-16,18H2,1-3H3;(H,6,7). The Morgan fingerprint density at radius 2 is 1.66 bits per heavy atom. The van der Waals surface area contributed by atoms with Crippen LogP contribution in [0.4, 0.5) is 13.2 Å². The van der Waals surface area contributed by atoms with Gasteiger partial charge >= 0.3 is 12.1 Å². The number of piperazine rings is 1. The van der Waals surface area contributed by atoms with Gasteiger partial charge in [-0.3, -0.25) is 4.79 Å². The molecule has 1 atom stereocenters. The van der Waals surface area contributed by atoms with Crippen LogP contribution < -0.4 is 5.32 Å². The lowest BCUT2D eigenvalue weighted by atomic mass is 10.0. The molecule has 0 bridgehead atoms. The Hall–Kier alpha value is -2.96. The normalized spacial score (nSPS) is 15.0. The number of aliphatic carboxylic acids is 1. The molecule has 8 nitrogen and oxygen atoms in total. The molecule has 1 aliphatic heterocycles. The van der Waals surface area contributed by atoms with Gasteiger partial charge in [-0.2, -0.15) is 17.5 Å². The van der Waals surface area contributed by atoms with Crippen LogP contribution >= 0.6 is 0 Å². The lowest BCUT2D eigenvalue weighted by molar-refractivity contribution is -0.192. The molecule has 2 aromatic carbocycles. The summed E-state index contributed by atoms with van der Waals surface area (Å²) in [6.45, 7) is 9.14. The van der Waals surface area contributed by atoms with Crippen molar-refractivity contribution in [3.05, 3.63) is 65.2 Å². The van der Waals surface area contributed by atoms with Crippen molar-refractivity contribution in [1.29, 1.82) is 0 Å². The van der Waals surface area contributed by atoms with Crippen LogP contribution in [0.3, 0.4) is 0 Å². The summed E-state index contributed by atoms with van der Waals surface area (Å²) in [6.07, 6.45) is -4.90. The minimum atomic E-state index is -5.08. The largest absolute Gasteiger partial charge is 0.490 e. The van der Waals surface area contributed by atoms with Crippen molar-refractivity contribution >= 4 is 21.9 Å². The zero-order valence-electron chi connectivity index (χ0n) is 21.7. The molecule has 2 aromatic rings. The molecule has 0 aromatic heterocycles. The van der Waals surface area contributed by atoms with Crippen molar-refractivity contribution in [2.24, 2.45) is 0 Å². The quantitative estimate of drug-likeness (QED) is 0.514. The molecule has 1 amide bonds. The molecule has 0 spiro atoms. The summed E-state index contributed by atoms with van der Waals surface area (Å²) < 4.78 is 60.5. The van der Waals surface area contributed by atoms with Crippen molar-refractivity contribution in [1.82, 2.24) is 14.5 Å². The van der Waals surface area contributed by atoms with Gasteiger partial charge in [-0.15, -0.1) is 0 Å². The Balaban J connectivity index is 0.000000638. The molecule has 38 heavy (non-hydrogen) atoms. The zero-order chi connectivity index (χ0) is 28.5. The predicted molar refractivity (Wildman–Crippen MR) is 137 cm³/mol. The number of nitrogens with one attached hydrogen (secondary N) is 1. The fourth-order valence-corrected chi connectivity index (χ4v) is 5.76. The Kier molecular flexibility index (Phi) is 11.3. The van der Waals surface area contributed by atoms with Crippen LogP contribution in [0.2, 0.25) is 0 Å². The number of carbonyl (C=O) groups is 2. The molecule has 1 aliphatic rings. The van der Waals surface area contributed by atoms with Crippen LogP contribution in [0, 0.1) is 13.8 Å². The molecule has 1 saturated heterocycles. The summed E-state index contributed by atoms with van der Waals surface area (Å²) >= 11 is 0. The fourth-order valence-electron chi connectivity index (χ4n) is 3.92. The van der Waals surface area contributed by atoms with Gasteiger partial charge < -0.3 is 15.3 Å². The smallest absolute Gasteiger partial charge is 0.475 e. The highest BCUT2D eigenvalue weighted by molar-refractivity contribution is 7.89. The van der Waals surface area contributed by atoms with E-state index in [0.29, 0.717) is 24.5 Å². The summed E-state index contributed by atoms with van der Waals surface area (Å²) in [7, 11) is -3.73. The van der Waals surface area contributed by atoms with Crippen LogP contribution in [0.25, 0.3) is 0 Å². The second-order valence-corrected chi connectivity index (χ2v) is 11.0. The topological polar surface area (TPSA) is 107 Å². The van der Waals surface area contributed by atoms with Crippen molar-refractivity contribution in [3.63, 3.8) is 0 Å². The van der Waals surface area contributed by atoms with Crippen LogP contribution in [-0.2, 0) is 19.6 Å². The SMILES string of the molecule is Cc1ccc(C)c(S(=O)(=O)N(CCC(=O)N2CCNCC2)CC(C)c2ccccc2)c1.O=C(O)C(F)(F)F. The van der Waals surface area contributed by atoms with Gasteiger partial charge in [0.2, 0.25) is 15.9 Å². The number of rotatable bonds is 8. The minimum Gasteiger partial charge on any atom is -0.475 e. The van der Waals surface area contributed by atoms with E-state index in [9.17, 15) is 26.4 Å². The first-order chi connectivity index (χ1) is 17.7. The number of halogens is 3. The van der Waals surface area contributed by atoms with Gasteiger partial charge in [0.05, 0.1) is 4.90 Å². The molecule has 12 heteroatoms. The average Bonchev–Trinajstić information content (AvgIpc) is 2.88. The number of sulfonamides is 1. The second kappa shape index (κ2) is 13.7. The van der Waals surface area contributed by atoms with E-state index in [0.717, 1.165) is 29.8 Å². The summed E-state index contributed by atoms with van der Waals surface area (Å²) in [5.41, 5.74) is 2.70. The number of amides is 1. The third-order valence-corrected chi connectivity index (χ3v) is 8.10. The maximum Gasteiger partial charge on any atom is 0.490 e. The van der Waals surface area contributed by atoms with Gasteiger partial charge in [-0.05, 0) is 42.5 Å². The van der Waals surface area contributed by atoms with E-state index in [1.807, 2.05) is 68.1 Å². The number of aryl methyl sites for hydroxylation is 2. The minimum absolute atomic E-state index is 0.00929. The molecule has 1 fully saturated rings. The number of carbonyl (C=O) groups excluding carboxylic acids is 1. The van der Waals surface area contributed by atoms with Crippen molar-refractivity contribution in [2.45, 2.75) is 44.2 Å². The van der Waals surface area contributed by atoms with E-state index in [2.05, 4.69) is 5.32 Å². The summed E-state index contributed by atoms with van der Waals surface area (Å²) in [6, 6.07) is 15.4. The number of nitrogens with zero attached hydrogens (tertiary/aromatic N) is 2. The molecule has 3 rings (SSSR count). The van der Waals surface area contributed by atoms with Gasteiger partial charge in [-0.1, -0.05) is 49.4 Å². The van der Waals surface area contributed by atoms with Crippen LogP contribution in [0.1, 0.15) is 36.0 Å². The highest BCUT2D eigenvalue weighted by Gasteiger charge is 2.38. The lowest BCUT2D eigenvalue weighted by Crippen LogP contribution is -2.47. The molecule has 1 heterocycles. The molecule has 0 saturated carbocycles. The van der Waals surface area contributed by atoms with Gasteiger partial charge in [0, 0.05) is 45.7 Å². The van der Waals surface area contributed by atoms with Gasteiger partial charge in [-0.25, -0.2) is 13.2 Å². The first-order valence-electron chi connectivity index (χ1n) is 12.1. The summed E-state index contributed by atoms with van der Waals surface area (Å²) in [5, 5.41) is 10.4. The Morgan fingerprint density at radius 3 is 2.21 bits per heavy atom. The van der Waals surface area contributed by atoms with Crippen molar-refractivity contribution < 1.29 is 36.3 Å². The van der Waals surface area contributed by atoms with E-state index in [1.165, 1.54) is 4.31 Å². The lowest BCUT2D eigenvalue weighted by Gasteiger charge is -2.30. The Morgan fingerprint density at radius 1 is 1.08 bits per heavy atom. The molecule has 2 N–H and O–H groups in total. The Bertz CT molecular complexity index is 1180. The predicted octanol–water partition coefficient (Wildman–Crippen LogP) is 3.55. The molecular weight excluding hydrogens is 523 g/mol. The van der Waals surface area contributed by atoms with Crippen LogP contribution in [0.15, 0.2) is 53.4 Å². The van der Waals surface area contributed by atoms with E-state index in [1.54, 1.807) is 6.07 Å². The Labute approximate surface area is 221 Å². The maximum atomic E-state index is 13.7. The average molecular weight is 558 g/mol. The van der Waals surface area contributed by atoms with Crippen LogP contribution in [-0.4, -0.2) is 80.1 Å². The summed E-state index contributed by atoms with van der Waals surface area (Å²) in [5.74, 6) is -2.74. The van der Waals surface area contributed by atoms with Gasteiger partial charge in [0.15, 0.2) is 0 Å². The van der Waals surface area contributed by atoms with Crippen molar-refractivity contribution in [2.75, 3.05) is 39.3 Å². The number of benzene rings is 2. The third-order valence-electron chi connectivity index (χ3n) is 6.09. The van der Waals surface area contributed by atoms with Gasteiger partial charge in [0.25, 0.3) is 0 Å². The monoisotopic (exact) mass is 557 g/mol. The number of hydrogen-bond acceptors (Lipinski definition) is 5. The third kappa shape index (κ3) is 9.10. The van der Waals surface area contributed by atoms with Crippen molar-refractivity contribution in [3.8, 4) is 0 Å². The highest BCUT2D eigenvalue weighted by Crippen LogP contribution is 2.25. The fraction of sp³-hybridized carbons (Fsp3) is 0.462. The number of carboxylic acid groups (broad SMARTS) is 1. The molecular formula is C26H34F3N3O5S.